The van der Waals surface area contributed by atoms with Gasteiger partial charge in [-0.2, -0.15) is 0 Å². The van der Waals surface area contributed by atoms with Crippen molar-refractivity contribution < 1.29 is 9.47 Å². The van der Waals surface area contributed by atoms with Gasteiger partial charge in [-0.3, -0.25) is 0 Å². The molecule has 3 nitrogen and oxygen atoms in total. The summed E-state index contributed by atoms with van der Waals surface area (Å²) < 4.78 is 11.5. The maximum Gasteiger partial charge on any atom is 0.120 e. The molecule has 3 heteroatoms. The lowest BCUT2D eigenvalue weighted by Gasteiger charge is -2.34. The summed E-state index contributed by atoms with van der Waals surface area (Å²) in [5.74, 6) is 0.910. The van der Waals surface area contributed by atoms with E-state index in [4.69, 9.17) is 9.47 Å². The van der Waals surface area contributed by atoms with Crippen LogP contribution in [0.15, 0.2) is 24.3 Å². The third-order valence-electron chi connectivity index (χ3n) is 3.38. The van der Waals surface area contributed by atoms with Gasteiger partial charge >= 0.3 is 0 Å². The predicted molar refractivity (Wildman–Crippen MR) is 84.3 cm³/mol. The zero-order valence-corrected chi connectivity index (χ0v) is 13.7. The second-order valence-corrected chi connectivity index (χ2v) is 5.93. The summed E-state index contributed by atoms with van der Waals surface area (Å²) in [5, 5.41) is 3.58. The van der Waals surface area contributed by atoms with E-state index in [0.29, 0.717) is 0 Å². The molecule has 1 rings (SSSR count). The fourth-order valence-corrected chi connectivity index (χ4v) is 2.21. The van der Waals surface area contributed by atoms with E-state index in [1.54, 1.807) is 7.11 Å². The third-order valence-corrected chi connectivity index (χ3v) is 3.38. The number of nitrogens with one attached hydrogen (secondary N) is 1. The average Bonchev–Trinajstić information content (AvgIpc) is 2.38. The molecule has 114 valence electrons. The van der Waals surface area contributed by atoms with Gasteiger partial charge in [-0.1, -0.05) is 19.1 Å². The minimum Gasteiger partial charge on any atom is -0.491 e. The average molecular weight is 279 g/mol. The van der Waals surface area contributed by atoms with Crippen molar-refractivity contribution in [1.29, 1.82) is 0 Å². The fourth-order valence-electron chi connectivity index (χ4n) is 2.21. The first-order chi connectivity index (χ1) is 9.40. The van der Waals surface area contributed by atoms with Gasteiger partial charge in [0.25, 0.3) is 0 Å². The second-order valence-electron chi connectivity index (χ2n) is 5.93. The van der Waals surface area contributed by atoms with Gasteiger partial charge in [0.05, 0.1) is 17.7 Å². The van der Waals surface area contributed by atoms with Crippen LogP contribution in [-0.4, -0.2) is 25.4 Å². The summed E-state index contributed by atoms with van der Waals surface area (Å²) in [6.45, 7) is 11.4. The van der Waals surface area contributed by atoms with Crippen molar-refractivity contribution in [3.8, 4) is 5.75 Å². The molecule has 0 amide bonds. The Bertz CT molecular complexity index is 402. The summed E-state index contributed by atoms with van der Waals surface area (Å²) in [7, 11) is 1.76. The van der Waals surface area contributed by atoms with E-state index in [2.05, 4.69) is 38.2 Å². The summed E-state index contributed by atoms with van der Waals surface area (Å²) in [6, 6.07) is 8.41. The molecule has 0 aliphatic carbocycles. The van der Waals surface area contributed by atoms with Gasteiger partial charge in [0.2, 0.25) is 0 Å². The van der Waals surface area contributed by atoms with Gasteiger partial charge in [-0.25, -0.2) is 0 Å². The number of ether oxygens (including phenoxy) is 2. The Labute approximate surface area is 123 Å². The van der Waals surface area contributed by atoms with Gasteiger partial charge in [0.1, 0.15) is 5.75 Å². The molecule has 0 aromatic heterocycles. The number of benzene rings is 1. The minimum absolute atomic E-state index is 0.142. The quantitative estimate of drug-likeness (QED) is 0.782. The summed E-state index contributed by atoms with van der Waals surface area (Å²) >= 11 is 0. The molecule has 0 spiro atoms. The molecule has 1 atom stereocenters. The highest BCUT2D eigenvalue weighted by molar-refractivity contribution is 5.32. The number of hydrogen-bond donors (Lipinski definition) is 1. The Hall–Kier alpha value is -1.06. The Morgan fingerprint density at radius 1 is 1.25 bits per heavy atom. The first kappa shape index (κ1) is 17.0. The van der Waals surface area contributed by atoms with Crippen LogP contribution in [0.4, 0.5) is 0 Å². The van der Waals surface area contributed by atoms with E-state index in [0.717, 1.165) is 18.7 Å². The van der Waals surface area contributed by atoms with E-state index >= 15 is 0 Å². The molecule has 0 aliphatic heterocycles. The molecule has 1 unspecified atom stereocenters. The second kappa shape index (κ2) is 7.65. The van der Waals surface area contributed by atoms with Crippen LogP contribution in [0.3, 0.4) is 0 Å². The lowest BCUT2D eigenvalue weighted by atomic mass is 9.91. The molecule has 1 N–H and O–H groups in total. The highest BCUT2D eigenvalue weighted by Crippen LogP contribution is 2.30. The van der Waals surface area contributed by atoms with Crippen molar-refractivity contribution in [2.45, 2.75) is 58.8 Å². The van der Waals surface area contributed by atoms with Gasteiger partial charge in [0.15, 0.2) is 0 Å². The molecule has 1 aromatic rings. The van der Waals surface area contributed by atoms with Gasteiger partial charge < -0.3 is 14.8 Å². The Kier molecular flexibility index (Phi) is 6.50. The lowest BCUT2D eigenvalue weighted by Crippen LogP contribution is -2.41. The van der Waals surface area contributed by atoms with Crippen LogP contribution >= 0.6 is 0 Å². The van der Waals surface area contributed by atoms with Crippen LogP contribution in [0.1, 0.15) is 52.6 Å². The highest BCUT2D eigenvalue weighted by Gasteiger charge is 2.30. The van der Waals surface area contributed by atoms with E-state index in [-0.39, 0.29) is 17.7 Å². The van der Waals surface area contributed by atoms with Crippen LogP contribution in [0, 0.1) is 0 Å². The van der Waals surface area contributed by atoms with E-state index < -0.39 is 0 Å². The Morgan fingerprint density at radius 2 is 1.95 bits per heavy atom. The molecule has 0 aliphatic rings. The van der Waals surface area contributed by atoms with Crippen molar-refractivity contribution in [2.24, 2.45) is 0 Å². The molecule has 0 bridgehead atoms. The van der Waals surface area contributed by atoms with Gasteiger partial charge in [-0.05, 0) is 58.4 Å². The highest BCUT2D eigenvalue weighted by atomic mass is 16.5. The lowest BCUT2D eigenvalue weighted by molar-refractivity contribution is -0.0111. The van der Waals surface area contributed by atoms with E-state index in [1.165, 1.54) is 5.56 Å². The summed E-state index contributed by atoms with van der Waals surface area (Å²) in [6.07, 6.45) is 1.28. The van der Waals surface area contributed by atoms with Crippen molar-refractivity contribution in [3.05, 3.63) is 29.8 Å². The molecule has 0 saturated heterocycles. The Morgan fingerprint density at radius 3 is 2.50 bits per heavy atom. The van der Waals surface area contributed by atoms with Crippen molar-refractivity contribution in [1.82, 2.24) is 5.32 Å². The summed E-state index contributed by atoms with van der Waals surface area (Å²) in [5.41, 5.74) is 0.925. The zero-order chi connectivity index (χ0) is 15.2. The topological polar surface area (TPSA) is 30.5 Å². The minimum atomic E-state index is -0.272. The van der Waals surface area contributed by atoms with Crippen molar-refractivity contribution in [2.75, 3.05) is 13.7 Å². The van der Waals surface area contributed by atoms with Crippen molar-refractivity contribution in [3.63, 3.8) is 0 Å². The zero-order valence-electron chi connectivity index (χ0n) is 13.7. The monoisotopic (exact) mass is 279 g/mol. The number of rotatable bonds is 8. The van der Waals surface area contributed by atoms with Crippen LogP contribution in [-0.2, 0) is 4.74 Å². The fraction of sp³-hybridized carbons (Fsp3) is 0.647. The van der Waals surface area contributed by atoms with Crippen molar-refractivity contribution >= 4 is 0 Å². The first-order valence-corrected chi connectivity index (χ1v) is 7.45. The van der Waals surface area contributed by atoms with E-state index in [9.17, 15) is 0 Å². The SMILES string of the molecule is CCCNC(c1cccc(OC(C)C)c1)C(C)(C)OC. The maximum atomic E-state index is 5.79. The van der Waals surface area contributed by atoms with Gasteiger partial charge in [0, 0.05) is 7.11 Å². The molecule has 0 fully saturated rings. The normalized spacial score (nSPS) is 13.6. The molecular formula is C17H29NO2. The molecular weight excluding hydrogens is 250 g/mol. The Balaban J connectivity index is 3.00. The van der Waals surface area contributed by atoms with Crippen LogP contribution in [0.2, 0.25) is 0 Å². The predicted octanol–water partition coefficient (Wildman–Crippen LogP) is 3.94. The number of hydrogen-bond acceptors (Lipinski definition) is 3. The van der Waals surface area contributed by atoms with Crippen LogP contribution in [0.5, 0.6) is 5.75 Å². The van der Waals surface area contributed by atoms with Crippen LogP contribution < -0.4 is 10.1 Å². The summed E-state index contributed by atoms with van der Waals surface area (Å²) in [4.78, 5) is 0. The smallest absolute Gasteiger partial charge is 0.120 e. The molecule has 20 heavy (non-hydrogen) atoms. The standard InChI is InChI=1S/C17H29NO2/c1-7-11-18-16(17(4,5)19-6)14-9-8-10-15(12-14)20-13(2)3/h8-10,12-13,16,18H,7,11H2,1-6H3. The molecule has 1 aromatic carbocycles. The van der Waals surface area contributed by atoms with Crippen LogP contribution in [0.25, 0.3) is 0 Å². The molecule has 0 radical (unpaired) electrons. The number of methoxy groups -OCH3 is 1. The molecule has 0 heterocycles. The van der Waals surface area contributed by atoms with Gasteiger partial charge in [-0.15, -0.1) is 0 Å². The third kappa shape index (κ3) is 4.80. The van der Waals surface area contributed by atoms with E-state index in [1.807, 2.05) is 26.0 Å². The largest absolute Gasteiger partial charge is 0.491 e. The first-order valence-electron chi connectivity index (χ1n) is 7.45. The molecule has 0 saturated carbocycles. The maximum absolute atomic E-state index is 5.79.